The van der Waals surface area contributed by atoms with Gasteiger partial charge in [0.25, 0.3) is 11.8 Å². The highest BCUT2D eigenvalue weighted by molar-refractivity contribution is 6.32. The maximum Gasteiger partial charge on any atom is 0.261 e. The number of nitrogens with zero attached hydrogens (tertiary/aromatic N) is 3. The van der Waals surface area contributed by atoms with E-state index < -0.39 is 0 Å². The topological polar surface area (TPSA) is 77.7 Å². The summed E-state index contributed by atoms with van der Waals surface area (Å²) >= 11 is 6.18. The summed E-state index contributed by atoms with van der Waals surface area (Å²) in [6.45, 7) is 1.10. The summed E-state index contributed by atoms with van der Waals surface area (Å²) in [4.78, 5) is 19.2. The van der Waals surface area contributed by atoms with Crippen LogP contribution in [0.4, 0.5) is 0 Å². The predicted molar refractivity (Wildman–Crippen MR) is 107 cm³/mol. The molecule has 0 spiro atoms. The molecule has 0 radical (unpaired) electrons. The van der Waals surface area contributed by atoms with E-state index in [0.29, 0.717) is 46.8 Å². The molecule has 2 heterocycles. The third kappa shape index (κ3) is 3.71. The minimum Gasteiger partial charge on any atom is -0.494 e. The van der Waals surface area contributed by atoms with E-state index in [0.717, 1.165) is 12.0 Å². The molecule has 0 saturated carbocycles. The first-order chi connectivity index (χ1) is 14.1. The number of benzene rings is 2. The van der Waals surface area contributed by atoms with E-state index in [9.17, 15) is 4.79 Å². The van der Waals surface area contributed by atoms with Gasteiger partial charge in [-0.25, -0.2) is 0 Å². The van der Waals surface area contributed by atoms with Crippen molar-refractivity contribution in [3.05, 3.63) is 64.4 Å². The van der Waals surface area contributed by atoms with E-state index in [1.807, 2.05) is 18.2 Å². The number of aromatic nitrogens is 2. The zero-order valence-corrected chi connectivity index (χ0v) is 16.8. The van der Waals surface area contributed by atoms with E-state index in [1.54, 1.807) is 36.3 Å². The molecule has 1 aromatic heterocycles. The van der Waals surface area contributed by atoms with Gasteiger partial charge in [0.15, 0.2) is 5.82 Å². The number of para-hydroxylation sites is 1. The number of carbonyl (C=O) groups is 1. The van der Waals surface area contributed by atoms with Crippen molar-refractivity contribution in [1.29, 1.82) is 0 Å². The molecule has 4 rings (SSSR count). The lowest BCUT2D eigenvalue weighted by Crippen LogP contribution is -2.45. The molecule has 150 valence electrons. The number of hydrogen-bond acceptors (Lipinski definition) is 6. The van der Waals surface area contributed by atoms with Gasteiger partial charge in [0.05, 0.1) is 30.3 Å². The number of amides is 1. The second kappa shape index (κ2) is 8.23. The van der Waals surface area contributed by atoms with E-state index in [2.05, 4.69) is 10.1 Å². The summed E-state index contributed by atoms with van der Waals surface area (Å²) in [5, 5.41) is 4.55. The molecule has 0 aliphatic carbocycles. The fourth-order valence-corrected chi connectivity index (χ4v) is 3.64. The molecule has 1 aliphatic heterocycles. The summed E-state index contributed by atoms with van der Waals surface area (Å²) in [7, 11) is 3.16. The highest BCUT2D eigenvalue weighted by Crippen LogP contribution is 2.38. The minimum atomic E-state index is -0.226. The number of methoxy groups -OCH3 is 2. The van der Waals surface area contributed by atoms with Crippen LogP contribution >= 0.6 is 11.6 Å². The highest BCUT2D eigenvalue weighted by atomic mass is 35.5. The molecular formula is C21H20ClN3O4. The average Bonchev–Trinajstić information content (AvgIpc) is 3.16. The Morgan fingerprint density at radius 3 is 2.83 bits per heavy atom. The molecule has 1 aliphatic rings. The standard InChI is InChI=1S/C21H20ClN3O4/c1-27-12-13-5-3-6-14(11-13)21(26)25-10-9-17(25)19-23-20(29-24-19)15-7-4-8-16(22)18(15)28-2/h3-8,11,17H,9-10,12H2,1-2H3/t17-/m0/s1. The van der Waals surface area contributed by atoms with Crippen molar-refractivity contribution in [2.75, 3.05) is 20.8 Å². The number of rotatable bonds is 6. The largest absolute Gasteiger partial charge is 0.494 e. The van der Waals surface area contributed by atoms with Crippen LogP contribution in [0, 0.1) is 0 Å². The second-order valence-electron chi connectivity index (χ2n) is 6.71. The molecule has 1 atom stereocenters. The molecule has 7 nitrogen and oxygen atoms in total. The number of hydrogen-bond donors (Lipinski definition) is 0. The smallest absolute Gasteiger partial charge is 0.261 e. The Morgan fingerprint density at radius 1 is 1.28 bits per heavy atom. The minimum absolute atomic E-state index is 0.0640. The zero-order chi connectivity index (χ0) is 20.4. The Hall–Kier alpha value is -2.90. The van der Waals surface area contributed by atoms with Gasteiger partial charge in [-0.1, -0.05) is 35.0 Å². The van der Waals surface area contributed by atoms with Gasteiger partial charge in [-0.15, -0.1) is 0 Å². The van der Waals surface area contributed by atoms with Crippen molar-refractivity contribution < 1.29 is 18.8 Å². The first-order valence-corrected chi connectivity index (χ1v) is 9.55. The lowest BCUT2D eigenvalue weighted by molar-refractivity contribution is 0.0435. The van der Waals surface area contributed by atoms with Crippen molar-refractivity contribution in [2.24, 2.45) is 0 Å². The Labute approximate surface area is 173 Å². The third-order valence-corrected chi connectivity index (χ3v) is 5.20. The lowest BCUT2D eigenvalue weighted by atomic mass is 10.00. The van der Waals surface area contributed by atoms with E-state index in [4.69, 9.17) is 25.6 Å². The molecular weight excluding hydrogens is 394 g/mol. The summed E-state index contributed by atoms with van der Waals surface area (Å²) in [5.74, 6) is 1.18. The molecule has 8 heteroatoms. The molecule has 3 aromatic rings. The maximum absolute atomic E-state index is 13.0. The fourth-order valence-electron chi connectivity index (χ4n) is 3.39. The van der Waals surface area contributed by atoms with Gasteiger partial charge in [0, 0.05) is 19.2 Å². The SMILES string of the molecule is COCc1cccc(C(=O)N2CC[C@H]2c2noc(-c3cccc(Cl)c3OC)n2)c1. The van der Waals surface area contributed by atoms with Crippen LogP contribution < -0.4 is 4.74 Å². The van der Waals surface area contributed by atoms with Crippen molar-refractivity contribution in [3.63, 3.8) is 0 Å². The molecule has 0 unspecified atom stereocenters. The number of ether oxygens (including phenoxy) is 2. The Bertz CT molecular complexity index is 1040. The van der Waals surface area contributed by atoms with Crippen LogP contribution in [0.15, 0.2) is 47.0 Å². The first kappa shape index (κ1) is 19.4. The zero-order valence-electron chi connectivity index (χ0n) is 16.1. The van der Waals surface area contributed by atoms with Crippen LogP contribution in [0.3, 0.4) is 0 Å². The molecule has 29 heavy (non-hydrogen) atoms. The fraction of sp³-hybridized carbons (Fsp3) is 0.286. The van der Waals surface area contributed by atoms with Crippen molar-refractivity contribution in [3.8, 4) is 17.2 Å². The van der Waals surface area contributed by atoms with Crippen molar-refractivity contribution >= 4 is 17.5 Å². The molecule has 1 saturated heterocycles. The van der Waals surface area contributed by atoms with E-state index >= 15 is 0 Å². The van der Waals surface area contributed by atoms with Crippen LogP contribution in [-0.2, 0) is 11.3 Å². The Balaban J connectivity index is 1.56. The Kier molecular flexibility index (Phi) is 5.51. The predicted octanol–water partition coefficient (Wildman–Crippen LogP) is 4.13. The van der Waals surface area contributed by atoms with Gasteiger partial charge in [0.2, 0.25) is 0 Å². The van der Waals surface area contributed by atoms with Crippen molar-refractivity contribution in [2.45, 2.75) is 19.1 Å². The van der Waals surface area contributed by atoms with Gasteiger partial charge in [-0.05, 0) is 36.2 Å². The van der Waals surface area contributed by atoms with Crippen LogP contribution in [-0.4, -0.2) is 41.7 Å². The second-order valence-corrected chi connectivity index (χ2v) is 7.12. The Morgan fingerprint density at radius 2 is 2.10 bits per heavy atom. The molecule has 1 fully saturated rings. The normalized spacial score (nSPS) is 15.8. The van der Waals surface area contributed by atoms with E-state index in [1.165, 1.54) is 7.11 Å². The van der Waals surface area contributed by atoms with Crippen LogP contribution in [0.1, 0.15) is 34.2 Å². The van der Waals surface area contributed by atoms with Gasteiger partial charge in [0.1, 0.15) is 5.75 Å². The van der Waals surface area contributed by atoms with Crippen LogP contribution in [0.2, 0.25) is 5.02 Å². The van der Waals surface area contributed by atoms with E-state index in [-0.39, 0.29) is 11.9 Å². The summed E-state index contributed by atoms with van der Waals surface area (Å²) < 4.78 is 15.9. The van der Waals surface area contributed by atoms with Crippen LogP contribution in [0.25, 0.3) is 11.5 Å². The van der Waals surface area contributed by atoms with Gasteiger partial charge < -0.3 is 18.9 Å². The quantitative estimate of drug-likeness (QED) is 0.604. The van der Waals surface area contributed by atoms with Crippen LogP contribution in [0.5, 0.6) is 5.75 Å². The number of halogens is 1. The lowest BCUT2D eigenvalue weighted by Gasteiger charge is -2.39. The monoisotopic (exact) mass is 413 g/mol. The first-order valence-electron chi connectivity index (χ1n) is 9.17. The molecule has 2 aromatic carbocycles. The molecule has 1 amide bonds. The van der Waals surface area contributed by atoms with Gasteiger partial charge >= 0.3 is 0 Å². The molecule has 0 bridgehead atoms. The number of carbonyl (C=O) groups excluding carboxylic acids is 1. The van der Waals surface area contributed by atoms with Gasteiger partial charge in [-0.3, -0.25) is 4.79 Å². The maximum atomic E-state index is 13.0. The third-order valence-electron chi connectivity index (χ3n) is 4.91. The molecule has 0 N–H and O–H groups in total. The average molecular weight is 414 g/mol. The summed E-state index contributed by atoms with van der Waals surface area (Å²) in [6, 6.07) is 12.5. The van der Waals surface area contributed by atoms with Gasteiger partial charge in [-0.2, -0.15) is 4.98 Å². The highest BCUT2D eigenvalue weighted by Gasteiger charge is 2.37. The van der Waals surface area contributed by atoms with Crippen molar-refractivity contribution in [1.82, 2.24) is 15.0 Å². The summed E-state index contributed by atoms with van der Waals surface area (Å²) in [6.07, 6.45) is 0.773. The summed E-state index contributed by atoms with van der Waals surface area (Å²) in [5.41, 5.74) is 2.18. The number of likely N-dealkylation sites (tertiary alicyclic amines) is 1.